The summed E-state index contributed by atoms with van der Waals surface area (Å²) in [5, 5.41) is 2.78. The molecule has 1 aromatic heterocycles. The lowest BCUT2D eigenvalue weighted by atomic mass is 10.2. The number of rotatable bonds is 10. The van der Waals surface area contributed by atoms with E-state index in [9.17, 15) is 18.0 Å². The lowest BCUT2D eigenvalue weighted by Crippen LogP contribution is -2.31. The predicted octanol–water partition coefficient (Wildman–Crippen LogP) is 2.18. The van der Waals surface area contributed by atoms with Gasteiger partial charge in [-0.25, -0.2) is 18.1 Å². The monoisotopic (exact) mass is 428 g/mol. The molecule has 0 saturated carbocycles. The van der Waals surface area contributed by atoms with Crippen LogP contribution < -0.4 is 10.0 Å². The first-order chi connectivity index (χ1) is 14.3. The molecule has 9 heteroatoms. The molecule has 1 amide bonds. The van der Waals surface area contributed by atoms with Crippen LogP contribution in [0, 0.1) is 0 Å². The number of H-pyrrole nitrogens is 1. The van der Waals surface area contributed by atoms with Crippen molar-refractivity contribution in [3.63, 3.8) is 0 Å². The zero-order chi connectivity index (χ0) is 21.6. The molecule has 0 fully saturated rings. The van der Waals surface area contributed by atoms with Crippen LogP contribution in [0.5, 0.6) is 0 Å². The van der Waals surface area contributed by atoms with Crippen molar-refractivity contribution in [1.29, 1.82) is 0 Å². The molecule has 3 N–H and O–H groups in total. The smallest absolute Gasteiger partial charge is 0.240 e. The Labute approximate surface area is 175 Å². The first kappa shape index (κ1) is 21.7. The van der Waals surface area contributed by atoms with Crippen LogP contribution in [0.1, 0.15) is 35.9 Å². The van der Waals surface area contributed by atoms with Crippen LogP contribution >= 0.6 is 0 Å². The highest BCUT2D eigenvalue weighted by molar-refractivity contribution is 7.89. The van der Waals surface area contributed by atoms with Crippen LogP contribution in [0.3, 0.4) is 0 Å². The number of amides is 1. The molecular weight excluding hydrogens is 404 g/mol. The summed E-state index contributed by atoms with van der Waals surface area (Å²) >= 11 is 0. The molecule has 158 valence electrons. The number of Topliss-reactive ketones (excluding diaryl/α,β-unsaturated/α-hetero) is 1. The van der Waals surface area contributed by atoms with Gasteiger partial charge in [-0.05, 0) is 37.6 Å². The van der Waals surface area contributed by atoms with Gasteiger partial charge >= 0.3 is 0 Å². The summed E-state index contributed by atoms with van der Waals surface area (Å²) in [6.07, 6.45) is 1.47. The van der Waals surface area contributed by atoms with Gasteiger partial charge in [0.2, 0.25) is 15.9 Å². The Bertz CT molecular complexity index is 1100. The summed E-state index contributed by atoms with van der Waals surface area (Å²) in [5.74, 6) is 0.507. The molecule has 2 aromatic carbocycles. The molecule has 1 heterocycles. The third kappa shape index (κ3) is 5.74. The van der Waals surface area contributed by atoms with Crippen molar-refractivity contribution in [3.05, 3.63) is 59.9 Å². The number of nitrogens with zero attached hydrogens (tertiary/aromatic N) is 1. The van der Waals surface area contributed by atoms with Crippen LogP contribution in [-0.2, 0) is 21.2 Å². The van der Waals surface area contributed by atoms with Gasteiger partial charge in [0.05, 0.1) is 15.9 Å². The summed E-state index contributed by atoms with van der Waals surface area (Å²) in [6.45, 7) is 1.89. The Morgan fingerprint density at radius 3 is 2.47 bits per heavy atom. The van der Waals surface area contributed by atoms with Crippen molar-refractivity contribution in [2.45, 2.75) is 31.1 Å². The average molecular weight is 429 g/mol. The number of para-hydroxylation sites is 2. The van der Waals surface area contributed by atoms with Crippen molar-refractivity contribution < 1.29 is 18.0 Å². The fraction of sp³-hybridized carbons (Fsp3) is 0.286. The minimum Gasteiger partial charge on any atom is -0.356 e. The van der Waals surface area contributed by atoms with Crippen molar-refractivity contribution in [2.75, 3.05) is 13.1 Å². The number of aromatic nitrogens is 2. The zero-order valence-electron chi connectivity index (χ0n) is 16.6. The average Bonchev–Trinajstić information content (AvgIpc) is 3.14. The normalized spacial score (nSPS) is 11.5. The van der Waals surface area contributed by atoms with Crippen LogP contribution in [0.2, 0.25) is 0 Å². The summed E-state index contributed by atoms with van der Waals surface area (Å²) in [4.78, 5) is 31.0. The molecule has 3 rings (SSSR count). The summed E-state index contributed by atoms with van der Waals surface area (Å²) in [5.41, 5.74) is 2.34. The van der Waals surface area contributed by atoms with Gasteiger partial charge in [0.25, 0.3) is 0 Å². The Balaban J connectivity index is 1.37. The minimum absolute atomic E-state index is 0.00774. The number of aryl methyl sites for hydroxylation is 1. The van der Waals surface area contributed by atoms with Gasteiger partial charge < -0.3 is 10.3 Å². The number of benzene rings is 2. The SMILES string of the molecule is CC(=O)c1ccc(S(=O)(=O)NCCC(=O)NCCCc2nc3ccccc3[nH]2)cc1. The largest absolute Gasteiger partial charge is 0.356 e. The first-order valence-electron chi connectivity index (χ1n) is 9.66. The highest BCUT2D eigenvalue weighted by atomic mass is 32.2. The van der Waals surface area contributed by atoms with E-state index in [0.717, 1.165) is 23.3 Å². The molecule has 8 nitrogen and oxygen atoms in total. The van der Waals surface area contributed by atoms with Crippen molar-refractivity contribution >= 4 is 32.7 Å². The Morgan fingerprint density at radius 2 is 1.77 bits per heavy atom. The number of aromatic amines is 1. The highest BCUT2D eigenvalue weighted by Gasteiger charge is 2.14. The number of carbonyl (C=O) groups is 2. The van der Waals surface area contributed by atoms with Gasteiger partial charge in [0.1, 0.15) is 5.82 Å². The van der Waals surface area contributed by atoms with Gasteiger partial charge in [-0.1, -0.05) is 24.3 Å². The maximum absolute atomic E-state index is 12.2. The lowest BCUT2D eigenvalue weighted by molar-refractivity contribution is -0.120. The van der Waals surface area contributed by atoms with Gasteiger partial charge in [-0.3, -0.25) is 9.59 Å². The Kier molecular flexibility index (Phi) is 6.96. The molecule has 3 aromatic rings. The number of hydrogen-bond acceptors (Lipinski definition) is 5. The molecule has 0 bridgehead atoms. The van der Waals surface area contributed by atoms with Gasteiger partial charge in [-0.15, -0.1) is 0 Å². The first-order valence-corrected chi connectivity index (χ1v) is 11.1. The molecule has 30 heavy (non-hydrogen) atoms. The van der Waals surface area contributed by atoms with Gasteiger partial charge in [0, 0.05) is 31.5 Å². The van der Waals surface area contributed by atoms with Gasteiger partial charge in [0.15, 0.2) is 5.78 Å². The number of imidazole rings is 1. The van der Waals surface area contributed by atoms with Crippen LogP contribution in [0.15, 0.2) is 53.4 Å². The molecular formula is C21H24N4O4S. The third-order valence-electron chi connectivity index (χ3n) is 4.57. The molecule has 0 spiro atoms. The van der Waals surface area contributed by atoms with E-state index in [2.05, 4.69) is 20.0 Å². The number of sulfonamides is 1. The second-order valence-corrected chi connectivity index (χ2v) is 8.65. The third-order valence-corrected chi connectivity index (χ3v) is 6.04. The van der Waals surface area contributed by atoms with E-state index in [0.29, 0.717) is 18.5 Å². The lowest BCUT2D eigenvalue weighted by Gasteiger charge is -2.08. The summed E-state index contributed by atoms with van der Waals surface area (Å²) in [6, 6.07) is 13.5. The van der Waals surface area contributed by atoms with E-state index >= 15 is 0 Å². The number of ketones is 1. The molecule has 0 aliphatic carbocycles. The number of nitrogens with one attached hydrogen (secondary N) is 3. The fourth-order valence-corrected chi connectivity index (χ4v) is 3.98. The van der Waals surface area contributed by atoms with Crippen molar-refractivity contribution in [1.82, 2.24) is 20.0 Å². The highest BCUT2D eigenvalue weighted by Crippen LogP contribution is 2.12. The van der Waals surface area contributed by atoms with Gasteiger partial charge in [-0.2, -0.15) is 0 Å². The number of carbonyl (C=O) groups excluding carboxylic acids is 2. The van der Waals surface area contributed by atoms with Crippen LogP contribution in [0.25, 0.3) is 11.0 Å². The second kappa shape index (κ2) is 9.64. The molecule has 0 unspecified atom stereocenters. The van der Waals surface area contributed by atoms with E-state index in [1.165, 1.54) is 31.2 Å². The molecule has 0 radical (unpaired) electrons. The molecule has 0 aliphatic heterocycles. The van der Waals surface area contributed by atoms with E-state index < -0.39 is 10.0 Å². The second-order valence-electron chi connectivity index (χ2n) is 6.88. The van der Waals surface area contributed by atoms with E-state index in [-0.39, 0.29) is 29.6 Å². The minimum atomic E-state index is -3.73. The van der Waals surface area contributed by atoms with E-state index in [1.54, 1.807) is 0 Å². The fourth-order valence-electron chi connectivity index (χ4n) is 2.95. The Morgan fingerprint density at radius 1 is 1.03 bits per heavy atom. The van der Waals surface area contributed by atoms with Crippen LogP contribution in [-0.4, -0.2) is 43.2 Å². The predicted molar refractivity (Wildman–Crippen MR) is 114 cm³/mol. The zero-order valence-corrected chi connectivity index (χ0v) is 17.5. The molecule has 0 saturated heterocycles. The van der Waals surface area contributed by atoms with Crippen molar-refractivity contribution in [3.8, 4) is 0 Å². The Hall–Kier alpha value is -3.04. The number of fused-ring (bicyclic) bond motifs is 1. The maximum Gasteiger partial charge on any atom is 0.240 e. The summed E-state index contributed by atoms with van der Waals surface area (Å²) in [7, 11) is -3.73. The van der Waals surface area contributed by atoms with E-state index in [4.69, 9.17) is 0 Å². The molecule has 0 aliphatic rings. The van der Waals surface area contributed by atoms with E-state index in [1.807, 2.05) is 24.3 Å². The number of hydrogen-bond donors (Lipinski definition) is 3. The summed E-state index contributed by atoms with van der Waals surface area (Å²) < 4.78 is 26.9. The molecule has 0 atom stereocenters. The standard InChI is InChI=1S/C21H24N4O4S/c1-15(26)16-8-10-17(11-9-16)30(28,29)23-14-12-21(27)22-13-4-7-20-24-18-5-2-3-6-19(18)25-20/h2-3,5-6,8-11,23H,4,7,12-14H2,1H3,(H,22,27)(H,24,25). The maximum atomic E-state index is 12.2. The quantitative estimate of drug-likeness (QED) is 0.338. The topological polar surface area (TPSA) is 121 Å². The van der Waals surface area contributed by atoms with Crippen LogP contribution in [0.4, 0.5) is 0 Å². The van der Waals surface area contributed by atoms with Crippen molar-refractivity contribution in [2.24, 2.45) is 0 Å².